The normalized spacial score (nSPS) is 34.5. The second kappa shape index (κ2) is 3.82. The molecule has 0 aliphatic carbocycles. The Morgan fingerprint density at radius 3 is 2.79 bits per heavy atom. The standard InChI is InChI=1S/C12H24N2/c1-12(2,3)9-14-6-4-5-10-7-13-8-11(10)14/h10-11,13H,4-9H2,1-3H3. The zero-order chi connectivity index (χ0) is 10.2. The number of nitrogens with zero attached hydrogens (tertiary/aromatic N) is 1. The summed E-state index contributed by atoms with van der Waals surface area (Å²) in [7, 11) is 0. The molecule has 2 heterocycles. The lowest BCUT2D eigenvalue weighted by atomic mass is 9.88. The summed E-state index contributed by atoms with van der Waals surface area (Å²) >= 11 is 0. The molecule has 0 amide bonds. The highest BCUT2D eigenvalue weighted by Gasteiger charge is 2.35. The summed E-state index contributed by atoms with van der Waals surface area (Å²) < 4.78 is 0. The number of rotatable bonds is 1. The van der Waals surface area contributed by atoms with Gasteiger partial charge in [0.2, 0.25) is 0 Å². The van der Waals surface area contributed by atoms with Crippen LogP contribution in [0.2, 0.25) is 0 Å². The quantitative estimate of drug-likeness (QED) is 0.687. The number of hydrogen-bond donors (Lipinski definition) is 1. The van der Waals surface area contributed by atoms with E-state index in [-0.39, 0.29) is 0 Å². The second-order valence-electron chi connectivity index (χ2n) is 6.16. The minimum atomic E-state index is 0.449. The first-order chi connectivity index (χ1) is 6.56. The summed E-state index contributed by atoms with van der Waals surface area (Å²) in [6.07, 6.45) is 2.84. The molecule has 14 heavy (non-hydrogen) atoms. The third-order valence-electron chi connectivity index (χ3n) is 3.47. The SMILES string of the molecule is CC(C)(C)CN1CCCC2CNCC21. The highest BCUT2D eigenvalue weighted by Crippen LogP contribution is 2.29. The van der Waals surface area contributed by atoms with Crippen LogP contribution in [0.25, 0.3) is 0 Å². The number of likely N-dealkylation sites (tertiary alicyclic amines) is 1. The number of piperidine rings is 1. The minimum absolute atomic E-state index is 0.449. The van der Waals surface area contributed by atoms with Crippen LogP contribution in [0.3, 0.4) is 0 Å². The molecule has 2 fully saturated rings. The van der Waals surface area contributed by atoms with Crippen molar-refractivity contribution in [3.8, 4) is 0 Å². The van der Waals surface area contributed by atoms with E-state index in [1.165, 1.54) is 39.0 Å². The van der Waals surface area contributed by atoms with E-state index in [1.54, 1.807) is 0 Å². The molecule has 0 aromatic rings. The lowest BCUT2D eigenvalue weighted by molar-refractivity contribution is 0.0867. The number of fused-ring (bicyclic) bond motifs is 1. The van der Waals surface area contributed by atoms with Crippen molar-refractivity contribution < 1.29 is 0 Å². The van der Waals surface area contributed by atoms with Gasteiger partial charge in [-0.3, -0.25) is 4.90 Å². The van der Waals surface area contributed by atoms with Crippen LogP contribution in [0, 0.1) is 11.3 Å². The maximum absolute atomic E-state index is 3.54. The molecule has 2 rings (SSSR count). The smallest absolute Gasteiger partial charge is 0.0261 e. The first kappa shape index (κ1) is 10.4. The Morgan fingerprint density at radius 1 is 1.29 bits per heavy atom. The zero-order valence-electron chi connectivity index (χ0n) is 9.84. The van der Waals surface area contributed by atoms with Crippen LogP contribution in [-0.4, -0.2) is 37.1 Å². The Kier molecular flexibility index (Phi) is 2.85. The number of nitrogens with one attached hydrogen (secondary N) is 1. The van der Waals surface area contributed by atoms with E-state index in [4.69, 9.17) is 0 Å². The van der Waals surface area contributed by atoms with Crippen LogP contribution in [0.4, 0.5) is 0 Å². The van der Waals surface area contributed by atoms with Gasteiger partial charge in [0.05, 0.1) is 0 Å². The lowest BCUT2D eigenvalue weighted by Crippen LogP contribution is -2.48. The van der Waals surface area contributed by atoms with Crippen molar-refractivity contribution in [2.24, 2.45) is 11.3 Å². The minimum Gasteiger partial charge on any atom is -0.315 e. The van der Waals surface area contributed by atoms with E-state index in [2.05, 4.69) is 31.0 Å². The first-order valence-electron chi connectivity index (χ1n) is 6.01. The van der Waals surface area contributed by atoms with Gasteiger partial charge in [0.15, 0.2) is 0 Å². The van der Waals surface area contributed by atoms with Gasteiger partial charge >= 0.3 is 0 Å². The highest BCUT2D eigenvalue weighted by molar-refractivity contribution is 4.92. The molecule has 2 saturated heterocycles. The van der Waals surface area contributed by atoms with Gasteiger partial charge in [-0.1, -0.05) is 20.8 Å². The van der Waals surface area contributed by atoms with Gasteiger partial charge in [-0.15, -0.1) is 0 Å². The molecule has 0 aromatic heterocycles. The Balaban J connectivity index is 1.97. The summed E-state index contributed by atoms with van der Waals surface area (Å²) in [5.41, 5.74) is 0.449. The molecule has 82 valence electrons. The molecule has 2 atom stereocenters. The van der Waals surface area contributed by atoms with Gasteiger partial charge < -0.3 is 5.32 Å². The average Bonchev–Trinajstić information content (AvgIpc) is 2.49. The van der Waals surface area contributed by atoms with E-state index >= 15 is 0 Å². The molecule has 2 nitrogen and oxygen atoms in total. The van der Waals surface area contributed by atoms with Crippen LogP contribution in [0.15, 0.2) is 0 Å². The molecule has 2 heteroatoms. The van der Waals surface area contributed by atoms with Crippen molar-refractivity contribution in [3.63, 3.8) is 0 Å². The largest absolute Gasteiger partial charge is 0.315 e. The second-order valence-corrected chi connectivity index (χ2v) is 6.16. The van der Waals surface area contributed by atoms with E-state index in [9.17, 15) is 0 Å². The van der Waals surface area contributed by atoms with Gasteiger partial charge in [0.25, 0.3) is 0 Å². The molecular weight excluding hydrogens is 172 g/mol. The molecule has 0 bridgehead atoms. The van der Waals surface area contributed by atoms with Crippen molar-refractivity contribution in [2.45, 2.75) is 39.7 Å². The van der Waals surface area contributed by atoms with E-state index in [1.807, 2.05) is 0 Å². The van der Waals surface area contributed by atoms with Gasteiger partial charge in [-0.25, -0.2) is 0 Å². The van der Waals surface area contributed by atoms with Crippen molar-refractivity contribution in [2.75, 3.05) is 26.2 Å². The van der Waals surface area contributed by atoms with Crippen LogP contribution >= 0.6 is 0 Å². The fourth-order valence-electron chi connectivity index (χ4n) is 2.97. The van der Waals surface area contributed by atoms with Crippen molar-refractivity contribution in [1.82, 2.24) is 10.2 Å². The molecule has 1 N–H and O–H groups in total. The Bertz CT molecular complexity index is 195. The van der Waals surface area contributed by atoms with Crippen molar-refractivity contribution in [3.05, 3.63) is 0 Å². The first-order valence-corrected chi connectivity index (χ1v) is 6.01. The van der Waals surface area contributed by atoms with E-state index < -0.39 is 0 Å². The van der Waals surface area contributed by atoms with Gasteiger partial charge in [0, 0.05) is 19.1 Å². The third-order valence-corrected chi connectivity index (χ3v) is 3.47. The molecule has 2 aliphatic heterocycles. The summed E-state index contributed by atoms with van der Waals surface area (Å²) in [4.78, 5) is 2.72. The zero-order valence-corrected chi connectivity index (χ0v) is 9.84. The highest BCUT2D eigenvalue weighted by atomic mass is 15.2. The van der Waals surface area contributed by atoms with Gasteiger partial charge in [-0.05, 0) is 37.3 Å². The average molecular weight is 196 g/mol. The molecule has 0 spiro atoms. The van der Waals surface area contributed by atoms with Gasteiger partial charge in [-0.2, -0.15) is 0 Å². The molecule has 0 saturated carbocycles. The van der Waals surface area contributed by atoms with Crippen LogP contribution < -0.4 is 5.32 Å². The molecule has 0 aromatic carbocycles. The van der Waals surface area contributed by atoms with Gasteiger partial charge in [0.1, 0.15) is 0 Å². The molecular formula is C12H24N2. The molecule has 0 radical (unpaired) electrons. The predicted molar refractivity (Wildman–Crippen MR) is 60.4 cm³/mol. The van der Waals surface area contributed by atoms with E-state index in [0.717, 1.165) is 12.0 Å². The summed E-state index contributed by atoms with van der Waals surface area (Å²) in [5.74, 6) is 0.936. The fraction of sp³-hybridized carbons (Fsp3) is 1.00. The Hall–Kier alpha value is -0.0800. The van der Waals surface area contributed by atoms with Crippen LogP contribution in [-0.2, 0) is 0 Å². The third kappa shape index (κ3) is 2.29. The Morgan fingerprint density at radius 2 is 2.07 bits per heavy atom. The fourth-order valence-corrected chi connectivity index (χ4v) is 2.97. The summed E-state index contributed by atoms with van der Waals surface area (Å²) in [6.45, 7) is 12.1. The maximum Gasteiger partial charge on any atom is 0.0261 e. The summed E-state index contributed by atoms with van der Waals surface area (Å²) in [6, 6.07) is 0.836. The molecule has 2 aliphatic rings. The molecule has 2 unspecified atom stereocenters. The monoisotopic (exact) mass is 196 g/mol. The van der Waals surface area contributed by atoms with Crippen molar-refractivity contribution >= 4 is 0 Å². The predicted octanol–water partition coefficient (Wildman–Crippen LogP) is 1.72. The topological polar surface area (TPSA) is 15.3 Å². The Labute approximate surface area is 88.1 Å². The van der Waals surface area contributed by atoms with E-state index in [0.29, 0.717) is 5.41 Å². The maximum atomic E-state index is 3.54. The lowest BCUT2D eigenvalue weighted by Gasteiger charge is -2.40. The van der Waals surface area contributed by atoms with Crippen LogP contribution in [0.1, 0.15) is 33.6 Å². The summed E-state index contributed by atoms with van der Waals surface area (Å²) in [5, 5.41) is 3.54. The van der Waals surface area contributed by atoms with Crippen molar-refractivity contribution in [1.29, 1.82) is 0 Å². The van der Waals surface area contributed by atoms with Crippen LogP contribution in [0.5, 0.6) is 0 Å². The number of hydrogen-bond acceptors (Lipinski definition) is 2.